The van der Waals surface area contributed by atoms with E-state index in [2.05, 4.69) is 20.6 Å². The number of nitrogens with one attached hydrogen (secondary N) is 2. The molecule has 1 atom stereocenters. The lowest BCUT2D eigenvalue weighted by molar-refractivity contribution is -0.125. The van der Waals surface area contributed by atoms with Crippen LogP contribution in [0.15, 0.2) is 59.1 Å². The zero-order chi connectivity index (χ0) is 25.7. The van der Waals surface area contributed by atoms with Crippen molar-refractivity contribution in [3.8, 4) is 22.9 Å². The van der Waals surface area contributed by atoms with Gasteiger partial charge in [0.1, 0.15) is 17.0 Å². The fourth-order valence-corrected chi connectivity index (χ4v) is 4.68. The lowest BCUT2D eigenvalue weighted by Crippen LogP contribution is -2.52. The number of benzene rings is 1. The van der Waals surface area contributed by atoms with Crippen molar-refractivity contribution in [2.24, 2.45) is 0 Å². The highest BCUT2D eigenvalue weighted by atomic mass is 16.5. The van der Waals surface area contributed by atoms with Crippen LogP contribution < -0.4 is 20.1 Å². The van der Waals surface area contributed by atoms with Crippen LogP contribution in [-0.4, -0.2) is 53.5 Å². The van der Waals surface area contributed by atoms with Crippen molar-refractivity contribution in [1.29, 1.82) is 0 Å². The normalized spacial score (nSPS) is 18.6. The van der Waals surface area contributed by atoms with Crippen molar-refractivity contribution in [2.75, 3.05) is 20.8 Å². The van der Waals surface area contributed by atoms with Gasteiger partial charge in [-0.3, -0.25) is 14.9 Å². The first-order valence-electron chi connectivity index (χ1n) is 11.4. The third-order valence-corrected chi connectivity index (χ3v) is 6.60. The average Bonchev–Trinajstić information content (AvgIpc) is 3.57. The van der Waals surface area contributed by atoms with E-state index in [-0.39, 0.29) is 24.8 Å². The second-order valence-corrected chi connectivity index (χ2v) is 8.78. The van der Waals surface area contributed by atoms with Gasteiger partial charge in [0.25, 0.3) is 11.8 Å². The Morgan fingerprint density at radius 1 is 1.05 bits per heavy atom. The summed E-state index contributed by atoms with van der Waals surface area (Å²) in [5.41, 5.74) is 1.98. The molecular weight excluding hydrogens is 478 g/mol. The van der Waals surface area contributed by atoms with Gasteiger partial charge < -0.3 is 24.1 Å². The van der Waals surface area contributed by atoms with Crippen molar-refractivity contribution in [3.05, 3.63) is 71.6 Å². The van der Waals surface area contributed by atoms with Gasteiger partial charge in [-0.15, -0.1) is 0 Å². The van der Waals surface area contributed by atoms with Crippen LogP contribution in [0.2, 0.25) is 0 Å². The molecule has 5 heterocycles. The number of amides is 4. The molecule has 2 aliphatic heterocycles. The topological polar surface area (TPSA) is 136 Å². The van der Waals surface area contributed by atoms with E-state index in [1.54, 1.807) is 49.7 Å². The minimum Gasteiger partial charge on any atom is -0.497 e. The molecule has 1 aromatic carbocycles. The molecule has 1 saturated heterocycles. The number of methoxy groups -OCH3 is 2. The van der Waals surface area contributed by atoms with Gasteiger partial charge in [-0.2, -0.15) is 0 Å². The van der Waals surface area contributed by atoms with Crippen molar-refractivity contribution in [3.63, 3.8) is 0 Å². The summed E-state index contributed by atoms with van der Waals surface area (Å²) in [4.78, 5) is 49.0. The second-order valence-electron chi connectivity index (χ2n) is 8.78. The number of carbonyl (C=O) groups excluding carboxylic acids is 3. The Kier molecular flexibility index (Phi) is 5.07. The summed E-state index contributed by atoms with van der Waals surface area (Å²) in [5, 5.41) is 4.97. The van der Waals surface area contributed by atoms with E-state index in [4.69, 9.17) is 13.9 Å². The lowest BCUT2D eigenvalue weighted by Gasteiger charge is -2.28. The largest absolute Gasteiger partial charge is 0.497 e. The summed E-state index contributed by atoms with van der Waals surface area (Å²) in [6.45, 7) is 0.144. The van der Waals surface area contributed by atoms with E-state index in [1.807, 2.05) is 12.1 Å². The van der Waals surface area contributed by atoms with Crippen LogP contribution in [0.3, 0.4) is 0 Å². The fraction of sp³-hybridized carbons (Fsp3) is 0.192. The van der Waals surface area contributed by atoms with Gasteiger partial charge in [0, 0.05) is 36.0 Å². The Balaban J connectivity index is 1.36. The number of furan rings is 1. The maximum Gasteiger partial charge on any atom is 0.322 e. The van der Waals surface area contributed by atoms with Crippen LogP contribution in [0.1, 0.15) is 21.7 Å². The Hall–Kier alpha value is -4.93. The molecule has 186 valence electrons. The molecule has 1 fully saturated rings. The van der Waals surface area contributed by atoms with Gasteiger partial charge in [0.2, 0.25) is 5.88 Å². The molecular formula is C26H21N5O6. The first-order chi connectivity index (χ1) is 17.9. The highest BCUT2D eigenvalue weighted by molar-refractivity contribution is 6.08. The monoisotopic (exact) mass is 499 g/mol. The number of hydrogen-bond acceptors (Lipinski definition) is 8. The molecule has 2 aliphatic rings. The standard InChI is InChI=1S/C26H21N5O6/c1-35-16-5-3-15-12-31(23(32)17(15)9-16)13-26(24(33)29-25(34)30-26)21-10-19-20(37-21)7-6-18(28-19)14-4-8-22(36-2)27-11-14/h3-11H,12-13H2,1-2H3,(H2,29,30,33,34). The van der Waals surface area contributed by atoms with Crippen LogP contribution in [0.5, 0.6) is 11.6 Å². The summed E-state index contributed by atoms with van der Waals surface area (Å²) in [6, 6.07) is 13.3. The number of hydrogen-bond donors (Lipinski definition) is 2. The van der Waals surface area contributed by atoms with Gasteiger partial charge in [-0.05, 0) is 35.9 Å². The number of imide groups is 1. The van der Waals surface area contributed by atoms with Crippen LogP contribution >= 0.6 is 0 Å². The molecule has 0 aliphatic carbocycles. The number of aromatic nitrogens is 2. The predicted molar refractivity (Wildman–Crippen MR) is 130 cm³/mol. The minimum atomic E-state index is -1.62. The minimum absolute atomic E-state index is 0.129. The first kappa shape index (κ1) is 22.5. The van der Waals surface area contributed by atoms with Crippen LogP contribution in [0.25, 0.3) is 22.4 Å². The lowest BCUT2D eigenvalue weighted by atomic mass is 9.95. The van der Waals surface area contributed by atoms with E-state index in [0.29, 0.717) is 34.0 Å². The average molecular weight is 499 g/mol. The van der Waals surface area contributed by atoms with Gasteiger partial charge in [0.05, 0.1) is 26.5 Å². The fourth-order valence-electron chi connectivity index (χ4n) is 4.68. The molecule has 37 heavy (non-hydrogen) atoms. The van der Waals surface area contributed by atoms with Crippen molar-refractivity contribution in [2.45, 2.75) is 12.1 Å². The van der Waals surface area contributed by atoms with Gasteiger partial charge in [-0.25, -0.2) is 14.8 Å². The summed E-state index contributed by atoms with van der Waals surface area (Å²) < 4.78 is 16.4. The van der Waals surface area contributed by atoms with Crippen LogP contribution in [-0.2, 0) is 16.9 Å². The SMILES string of the molecule is COc1ccc2c(c1)C(=O)N(CC1(c3cc4nc(-c5ccc(OC)nc5)ccc4o3)NC(=O)NC1=O)C2. The van der Waals surface area contributed by atoms with E-state index in [0.717, 1.165) is 11.1 Å². The summed E-state index contributed by atoms with van der Waals surface area (Å²) in [5.74, 6) is 0.326. The summed E-state index contributed by atoms with van der Waals surface area (Å²) in [7, 11) is 3.07. The van der Waals surface area contributed by atoms with Crippen LogP contribution in [0, 0.1) is 0 Å². The number of ether oxygens (including phenoxy) is 2. The number of urea groups is 1. The molecule has 4 aromatic rings. The predicted octanol–water partition coefficient (Wildman–Crippen LogP) is 2.60. The maximum absolute atomic E-state index is 13.2. The molecule has 4 amide bonds. The quantitative estimate of drug-likeness (QED) is 0.387. The van der Waals surface area contributed by atoms with E-state index in [9.17, 15) is 14.4 Å². The number of pyridine rings is 2. The van der Waals surface area contributed by atoms with Crippen molar-refractivity contribution in [1.82, 2.24) is 25.5 Å². The zero-order valence-corrected chi connectivity index (χ0v) is 19.9. The maximum atomic E-state index is 13.2. The summed E-state index contributed by atoms with van der Waals surface area (Å²) in [6.07, 6.45) is 1.64. The number of fused-ring (bicyclic) bond motifs is 2. The number of carbonyl (C=O) groups is 3. The molecule has 3 aromatic heterocycles. The second kappa shape index (κ2) is 8.33. The number of nitrogens with zero attached hydrogens (tertiary/aromatic N) is 3. The zero-order valence-electron chi connectivity index (χ0n) is 19.9. The molecule has 0 radical (unpaired) electrons. The van der Waals surface area contributed by atoms with Gasteiger partial charge >= 0.3 is 6.03 Å². The van der Waals surface area contributed by atoms with E-state index < -0.39 is 17.5 Å². The molecule has 0 bridgehead atoms. The first-order valence-corrected chi connectivity index (χ1v) is 11.4. The summed E-state index contributed by atoms with van der Waals surface area (Å²) >= 11 is 0. The molecule has 0 saturated carbocycles. The van der Waals surface area contributed by atoms with E-state index in [1.165, 1.54) is 12.0 Å². The molecule has 11 heteroatoms. The highest BCUT2D eigenvalue weighted by Crippen LogP contribution is 2.35. The smallest absolute Gasteiger partial charge is 0.322 e. The molecule has 6 rings (SSSR count). The highest BCUT2D eigenvalue weighted by Gasteiger charge is 2.53. The molecule has 2 N–H and O–H groups in total. The Labute approximate surface area is 210 Å². The Morgan fingerprint density at radius 3 is 2.62 bits per heavy atom. The number of rotatable bonds is 6. The van der Waals surface area contributed by atoms with Gasteiger partial charge in [0.15, 0.2) is 11.1 Å². The van der Waals surface area contributed by atoms with E-state index >= 15 is 0 Å². The third-order valence-electron chi connectivity index (χ3n) is 6.60. The van der Waals surface area contributed by atoms with Crippen molar-refractivity contribution >= 4 is 28.9 Å². The van der Waals surface area contributed by atoms with Crippen LogP contribution in [0.4, 0.5) is 4.79 Å². The van der Waals surface area contributed by atoms with Gasteiger partial charge in [-0.1, -0.05) is 6.07 Å². The molecule has 1 unspecified atom stereocenters. The molecule has 11 nitrogen and oxygen atoms in total. The Morgan fingerprint density at radius 2 is 1.92 bits per heavy atom. The Bertz CT molecular complexity index is 1580. The third kappa shape index (κ3) is 3.63. The van der Waals surface area contributed by atoms with Crippen molar-refractivity contribution < 1.29 is 28.3 Å². The molecule has 0 spiro atoms.